The Morgan fingerprint density at radius 1 is 1.25 bits per heavy atom. The van der Waals surface area contributed by atoms with Crippen molar-refractivity contribution in [2.24, 2.45) is 0 Å². The molecule has 130 valence electrons. The number of amides is 4. The molecule has 0 aliphatic carbocycles. The van der Waals surface area contributed by atoms with Crippen molar-refractivity contribution in [1.82, 2.24) is 10.2 Å². The van der Waals surface area contributed by atoms with E-state index in [2.05, 4.69) is 31.4 Å². The second kappa shape index (κ2) is 7.03. The molecule has 2 N–H and O–H groups in total. The molecule has 0 spiro atoms. The van der Waals surface area contributed by atoms with E-state index in [1.54, 1.807) is 0 Å². The van der Waals surface area contributed by atoms with Crippen LogP contribution in [0.25, 0.3) is 0 Å². The number of benzene rings is 1. The summed E-state index contributed by atoms with van der Waals surface area (Å²) in [6.45, 7) is 7.85. The summed E-state index contributed by atoms with van der Waals surface area (Å²) in [4.78, 5) is 37.4. The van der Waals surface area contributed by atoms with E-state index in [0.717, 1.165) is 16.9 Å². The first-order valence-corrected chi connectivity index (χ1v) is 8.25. The largest absolute Gasteiger partial charge is 0.326 e. The van der Waals surface area contributed by atoms with Crippen LogP contribution >= 0.6 is 0 Å². The number of urea groups is 1. The van der Waals surface area contributed by atoms with Gasteiger partial charge in [0.2, 0.25) is 5.91 Å². The molecule has 6 nitrogen and oxygen atoms in total. The highest BCUT2D eigenvalue weighted by molar-refractivity contribution is 6.08. The quantitative estimate of drug-likeness (QED) is 0.814. The summed E-state index contributed by atoms with van der Waals surface area (Å²) >= 11 is 0. The molecule has 6 heteroatoms. The third-order valence-electron chi connectivity index (χ3n) is 4.00. The molecule has 1 unspecified atom stereocenters. The Morgan fingerprint density at radius 3 is 2.54 bits per heavy atom. The zero-order valence-electron chi connectivity index (χ0n) is 14.7. The number of rotatable bonds is 5. The molecule has 1 aliphatic rings. The summed E-state index contributed by atoms with van der Waals surface area (Å²) < 4.78 is 0. The van der Waals surface area contributed by atoms with E-state index >= 15 is 0 Å². The predicted octanol–water partition coefficient (Wildman–Crippen LogP) is 2.64. The second-order valence-electron chi connectivity index (χ2n) is 7.06. The lowest BCUT2D eigenvalue weighted by atomic mass is 9.86. The van der Waals surface area contributed by atoms with E-state index in [-0.39, 0.29) is 23.8 Å². The van der Waals surface area contributed by atoms with Gasteiger partial charge in [-0.2, -0.15) is 0 Å². The average molecular weight is 331 g/mol. The molecule has 4 amide bonds. The fraction of sp³-hybridized carbons (Fsp3) is 0.500. The van der Waals surface area contributed by atoms with Gasteiger partial charge in [0.15, 0.2) is 0 Å². The van der Waals surface area contributed by atoms with Gasteiger partial charge in [-0.1, -0.05) is 52.3 Å². The van der Waals surface area contributed by atoms with E-state index in [1.165, 1.54) is 0 Å². The van der Waals surface area contributed by atoms with Crippen molar-refractivity contribution in [3.05, 3.63) is 29.8 Å². The summed E-state index contributed by atoms with van der Waals surface area (Å²) in [6.07, 6.45) is 1.37. The molecule has 2 rings (SSSR count). The van der Waals surface area contributed by atoms with Crippen molar-refractivity contribution in [3.63, 3.8) is 0 Å². The van der Waals surface area contributed by atoms with E-state index in [1.807, 2.05) is 31.2 Å². The first-order valence-electron chi connectivity index (χ1n) is 8.25. The monoisotopic (exact) mass is 331 g/mol. The van der Waals surface area contributed by atoms with Gasteiger partial charge in [-0.3, -0.25) is 14.5 Å². The maximum atomic E-state index is 12.3. The first kappa shape index (κ1) is 18.0. The van der Waals surface area contributed by atoms with Gasteiger partial charge in [0, 0.05) is 5.69 Å². The van der Waals surface area contributed by atoms with E-state index in [0.29, 0.717) is 12.1 Å². The Hall–Kier alpha value is -2.37. The van der Waals surface area contributed by atoms with Crippen molar-refractivity contribution < 1.29 is 14.4 Å². The molecule has 0 aromatic heterocycles. The number of imide groups is 1. The Bertz CT molecular complexity index is 649. The van der Waals surface area contributed by atoms with Crippen molar-refractivity contribution >= 4 is 23.5 Å². The minimum absolute atomic E-state index is 0.128. The highest BCUT2D eigenvalue weighted by Crippen LogP contribution is 2.29. The molecule has 0 saturated carbocycles. The number of hydrogen-bond acceptors (Lipinski definition) is 3. The molecule has 0 radical (unpaired) electrons. The van der Waals surface area contributed by atoms with E-state index < -0.39 is 12.1 Å². The van der Waals surface area contributed by atoms with Crippen LogP contribution in [0.15, 0.2) is 24.3 Å². The minimum atomic E-state index is -0.517. The average Bonchev–Trinajstić information content (AvgIpc) is 2.75. The molecule has 1 aliphatic heterocycles. The van der Waals surface area contributed by atoms with Gasteiger partial charge < -0.3 is 10.6 Å². The van der Waals surface area contributed by atoms with E-state index in [4.69, 9.17) is 0 Å². The lowest BCUT2D eigenvalue weighted by Crippen LogP contribution is -2.38. The Kier molecular flexibility index (Phi) is 5.26. The number of hydrogen-bond donors (Lipinski definition) is 2. The molecule has 1 heterocycles. The number of nitrogens with zero attached hydrogens (tertiary/aromatic N) is 1. The number of carbonyl (C=O) groups excluding carboxylic acids is 3. The zero-order valence-corrected chi connectivity index (χ0v) is 14.7. The van der Waals surface area contributed by atoms with Crippen molar-refractivity contribution in [3.8, 4) is 0 Å². The first-order chi connectivity index (χ1) is 11.2. The lowest BCUT2D eigenvalue weighted by Gasteiger charge is -2.23. The van der Waals surface area contributed by atoms with Gasteiger partial charge in [-0.25, -0.2) is 4.79 Å². The highest BCUT2D eigenvalue weighted by Gasteiger charge is 2.38. The van der Waals surface area contributed by atoms with Crippen molar-refractivity contribution in [2.45, 2.75) is 52.0 Å². The topological polar surface area (TPSA) is 78.5 Å². The van der Waals surface area contributed by atoms with Gasteiger partial charge in [0.1, 0.15) is 12.6 Å². The van der Waals surface area contributed by atoms with Crippen LogP contribution in [0.3, 0.4) is 0 Å². The van der Waals surface area contributed by atoms with Crippen LogP contribution in [-0.4, -0.2) is 35.3 Å². The predicted molar refractivity (Wildman–Crippen MR) is 92.7 cm³/mol. The van der Waals surface area contributed by atoms with Gasteiger partial charge in [-0.05, 0) is 23.5 Å². The number of para-hydroxylation sites is 1. The van der Waals surface area contributed by atoms with Crippen molar-refractivity contribution in [2.75, 3.05) is 11.9 Å². The Labute approximate surface area is 142 Å². The van der Waals surface area contributed by atoms with Gasteiger partial charge in [0.25, 0.3) is 5.91 Å². The molecular weight excluding hydrogens is 306 g/mol. The number of anilines is 1. The molecule has 1 atom stereocenters. The Balaban J connectivity index is 2.07. The van der Waals surface area contributed by atoms with Crippen LogP contribution in [0.5, 0.6) is 0 Å². The fourth-order valence-corrected chi connectivity index (χ4v) is 2.79. The normalized spacial score (nSPS) is 17.8. The van der Waals surface area contributed by atoms with Crippen molar-refractivity contribution in [1.29, 1.82) is 0 Å². The highest BCUT2D eigenvalue weighted by atomic mass is 16.2. The summed E-state index contributed by atoms with van der Waals surface area (Å²) in [7, 11) is 0. The van der Waals surface area contributed by atoms with E-state index in [9.17, 15) is 14.4 Å². The molecular formula is C18H25N3O3. The van der Waals surface area contributed by atoms with Gasteiger partial charge in [-0.15, -0.1) is 0 Å². The fourth-order valence-electron chi connectivity index (χ4n) is 2.79. The number of carbonyl (C=O) groups is 3. The van der Waals surface area contributed by atoms with Crippen LogP contribution in [0.4, 0.5) is 10.5 Å². The van der Waals surface area contributed by atoms with Gasteiger partial charge in [0.05, 0.1) is 0 Å². The number of nitrogens with one attached hydrogen (secondary N) is 2. The Morgan fingerprint density at radius 2 is 1.92 bits per heavy atom. The SMILES string of the molecule is CCCC1NC(=O)N(CC(=O)Nc2ccccc2C(C)(C)C)C1=O. The smallest absolute Gasteiger partial charge is 0.325 e. The van der Waals surface area contributed by atoms with Crippen LogP contribution in [-0.2, 0) is 15.0 Å². The molecule has 1 saturated heterocycles. The zero-order chi connectivity index (χ0) is 17.9. The standard InChI is InChI=1S/C18H25N3O3/c1-5-8-14-16(23)21(17(24)20-14)11-15(22)19-13-10-7-6-9-12(13)18(2,3)4/h6-7,9-10,14H,5,8,11H2,1-4H3,(H,19,22)(H,20,24). The van der Waals surface area contributed by atoms with Crippen LogP contribution in [0.1, 0.15) is 46.1 Å². The minimum Gasteiger partial charge on any atom is -0.326 e. The van der Waals surface area contributed by atoms with Crippen LogP contribution < -0.4 is 10.6 Å². The van der Waals surface area contributed by atoms with Crippen LogP contribution in [0, 0.1) is 0 Å². The summed E-state index contributed by atoms with van der Waals surface area (Å²) in [5.41, 5.74) is 1.57. The van der Waals surface area contributed by atoms with Gasteiger partial charge >= 0.3 is 6.03 Å². The molecule has 1 aromatic carbocycles. The maximum absolute atomic E-state index is 12.3. The van der Waals surface area contributed by atoms with Crippen LogP contribution in [0.2, 0.25) is 0 Å². The molecule has 0 bridgehead atoms. The third-order valence-corrected chi connectivity index (χ3v) is 4.00. The lowest BCUT2D eigenvalue weighted by molar-refractivity contribution is -0.130. The molecule has 1 fully saturated rings. The second-order valence-corrected chi connectivity index (χ2v) is 7.06. The molecule has 24 heavy (non-hydrogen) atoms. The third kappa shape index (κ3) is 3.93. The summed E-state index contributed by atoms with van der Waals surface area (Å²) in [5, 5.41) is 5.44. The summed E-state index contributed by atoms with van der Waals surface area (Å²) in [5.74, 6) is -0.714. The summed E-state index contributed by atoms with van der Waals surface area (Å²) in [6, 6.07) is 6.53. The molecule has 1 aromatic rings. The maximum Gasteiger partial charge on any atom is 0.325 e.